The Labute approximate surface area is 185 Å². The summed E-state index contributed by atoms with van der Waals surface area (Å²) < 4.78 is 25.6. The number of anilines is 1. The molecule has 31 heavy (non-hydrogen) atoms. The molecular weight excluding hydrogens is 444 g/mol. The number of carbonyl (C=O) groups excluding carboxylic acids is 1. The second-order valence-corrected chi connectivity index (χ2v) is 8.57. The molecule has 3 N–H and O–H groups in total. The molecule has 1 aromatic carbocycles. The Balaban J connectivity index is 1.94. The van der Waals surface area contributed by atoms with Crippen LogP contribution in [0.4, 0.5) is 5.95 Å². The van der Waals surface area contributed by atoms with E-state index in [1.807, 2.05) is 0 Å². The van der Waals surface area contributed by atoms with Crippen LogP contribution in [0.25, 0.3) is 10.9 Å². The van der Waals surface area contributed by atoms with E-state index in [-0.39, 0.29) is 17.2 Å². The number of H-pyrrole nitrogens is 1. The molecule has 0 radical (unpaired) electrons. The zero-order valence-corrected chi connectivity index (χ0v) is 18.6. The molecule has 3 atom stereocenters. The summed E-state index contributed by atoms with van der Waals surface area (Å²) in [6.07, 6.45) is 1.42. The Kier molecular flexibility index (Phi) is 6.73. The largest absolute Gasteiger partial charge is 0.468 e. The lowest BCUT2D eigenvalue weighted by Gasteiger charge is -2.25. The lowest BCUT2D eigenvalue weighted by atomic mass is 9.89. The maximum atomic E-state index is 12.5. The number of ether oxygens (including phenoxy) is 1. The van der Waals surface area contributed by atoms with Crippen LogP contribution in [0.15, 0.2) is 41.3 Å². The minimum atomic E-state index is -2.26. The number of fused-ring (bicyclic) bond motifs is 1. The Morgan fingerprint density at radius 3 is 2.81 bits per heavy atom. The molecule has 2 aromatic heterocycles. The third-order valence-electron chi connectivity index (χ3n) is 4.92. The van der Waals surface area contributed by atoms with Crippen molar-refractivity contribution < 1.29 is 18.3 Å². The van der Waals surface area contributed by atoms with Crippen LogP contribution in [0.3, 0.4) is 0 Å². The number of pyridine rings is 1. The fourth-order valence-electron chi connectivity index (χ4n) is 3.23. The molecule has 0 aliphatic rings. The summed E-state index contributed by atoms with van der Waals surface area (Å²) in [6, 6.07) is 7.89. The highest BCUT2D eigenvalue weighted by Gasteiger charge is 2.40. The molecule has 0 saturated heterocycles. The average molecular weight is 465 g/mol. The van der Waals surface area contributed by atoms with Gasteiger partial charge in [0.25, 0.3) is 5.56 Å². The molecular formula is C20H21ClN4O5S. The number of aromatic amines is 1. The van der Waals surface area contributed by atoms with Crippen LogP contribution in [0.1, 0.15) is 31.1 Å². The summed E-state index contributed by atoms with van der Waals surface area (Å²) in [5.41, 5.74) is -0.411. The van der Waals surface area contributed by atoms with Crippen molar-refractivity contribution in [1.29, 1.82) is 0 Å². The number of hydrogen-bond donors (Lipinski definition) is 3. The molecule has 9 nitrogen and oxygen atoms in total. The van der Waals surface area contributed by atoms with Crippen molar-refractivity contribution in [2.45, 2.75) is 25.3 Å². The summed E-state index contributed by atoms with van der Waals surface area (Å²) in [7, 11) is 1.20. The summed E-state index contributed by atoms with van der Waals surface area (Å²) in [6.45, 7) is 3.24. The summed E-state index contributed by atoms with van der Waals surface area (Å²) in [5, 5.41) is 4.35. The van der Waals surface area contributed by atoms with E-state index in [1.165, 1.54) is 26.3 Å². The maximum Gasteiger partial charge on any atom is 0.318 e. The fourth-order valence-corrected chi connectivity index (χ4v) is 4.17. The van der Waals surface area contributed by atoms with Gasteiger partial charge in [0.2, 0.25) is 5.95 Å². The SMILES string of the molecule is COC(=O)C(C)(CS(=O)O)c1ccnc(N[C@@H](C)c2cc3cc(Cl)ccc3[nH]c2=O)n1. The number of benzene rings is 1. The Hall–Kier alpha value is -2.82. The van der Waals surface area contributed by atoms with Gasteiger partial charge in [0.1, 0.15) is 5.41 Å². The molecule has 0 saturated carbocycles. The number of rotatable bonds is 7. The molecule has 3 aromatic rings. The van der Waals surface area contributed by atoms with Gasteiger partial charge in [-0.15, -0.1) is 0 Å². The third kappa shape index (κ3) is 4.92. The first-order valence-electron chi connectivity index (χ1n) is 9.22. The highest BCUT2D eigenvalue weighted by molar-refractivity contribution is 7.79. The highest BCUT2D eigenvalue weighted by atomic mass is 35.5. The van der Waals surface area contributed by atoms with Gasteiger partial charge >= 0.3 is 5.97 Å². The lowest BCUT2D eigenvalue weighted by Crippen LogP contribution is -2.40. The maximum absolute atomic E-state index is 12.5. The monoisotopic (exact) mass is 464 g/mol. The van der Waals surface area contributed by atoms with Crippen LogP contribution in [0, 0.1) is 0 Å². The molecule has 0 bridgehead atoms. The van der Waals surface area contributed by atoms with Gasteiger partial charge in [-0.05, 0) is 44.2 Å². The summed E-state index contributed by atoms with van der Waals surface area (Å²) in [4.78, 5) is 36.1. The van der Waals surface area contributed by atoms with Crippen molar-refractivity contribution in [3.8, 4) is 0 Å². The molecule has 0 aliphatic heterocycles. The second kappa shape index (κ2) is 9.13. The van der Waals surface area contributed by atoms with Gasteiger partial charge in [0.15, 0.2) is 11.1 Å². The van der Waals surface area contributed by atoms with E-state index >= 15 is 0 Å². The Bertz CT molecular complexity index is 1220. The van der Waals surface area contributed by atoms with Crippen molar-refractivity contribution in [2.24, 2.45) is 0 Å². The number of carbonyl (C=O) groups is 1. The zero-order chi connectivity index (χ0) is 22.8. The molecule has 0 amide bonds. The number of halogens is 1. The standard InChI is InChI=1S/C20H21ClN4O5S/c1-11(14-9-12-8-13(21)4-5-15(12)24-17(14)26)23-19-22-7-6-16(25-19)20(2,10-31(28)29)18(27)30-3/h4-9,11H,10H2,1-3H3,(H,24,26)(H,28,29)(H,22,23,25)/t11-,20?/m0/s1. The van der Waals surface area contributed by atoms with E-state index in [4.69, 9.17) is 16.3 Å². The zero-order valence-electron chi connectivity index (χ0n) is 17.0. The Morgan fingerprint density at radius 1 is 1.39 bits per heavy atom. The number of hydrogen-bond acceptors (Lipinski definition) is 7. The van der Waals surface area contributed by atoms with Crippen molar-refractivity contribution in [1.82, 2.24) is 15.0 Å². The minimum absolute atomic E-state index is 0.148. The van der Waals surface area contributed by atoms with Crippen LogP contribution < -0.4 is 10.9 Å². The molecule has 0 fully saturated rings. The number of esters is 1. The topological polar surface area (TPSA) is 134 Å². The predicted molar refractivity (Wildman–Crippen MR) is 119 cm³/mol. The van der Waals surface area contributed by atoms with Crippen LogP contribution in [0.5, 0.6) is 0 Å². The van der Waals surface area contributed by atoms with Gasteiger partial charge in [-0.3, -0.25) is 9.59 Å². The van der Waals surface area contributed by atoms with Gasteiger partial charge in [0, 0.05) is 27.7 Å². The first-order valence-corrected chi connectivity index (χ1v) is 10.9. The molecule has 11 heteroatoms. The predicted octanol–water partition coefficient (Wildman–Crippen LogP) is 2.80. The average Bonchev–Trinajstić information content (AvgIpc) is 2.72. The van der Waals surface area contributed by atoms with Crippen molar-refractivity contribution in [2.75, 3.05) is 18.2 Å². The van der Waals surface area contributed by atoms with Gasteiger partial charge in [-0.2, -0.15) is 0 Å². The van der Waals surface area contributed by atoms with Crippen molar-refractivity contribution in [3.63, 3.8) is 0 Å². The minimum Gasteiger partial charge on any atom is -0.468 e. The van der Waals surface area contributed by atoms with Crippen molar-refractivity contribution >= 4 is 45.5 Å². The first-order chi connectivity index (χ1) is 14.6. The molecule has 0 aliphatic carbocycles. The molecule has 2 unspecified atom stereocenters. The van der Waals surface area contributed by atoms with Gasteiger partial charge in [-0.25, -0.2) is 14.2 Å². The number of methoxy groups -OCH3 is 1. The first kappa shape index (κ1) is 22.9. The van der Waals surface area contributed by atoms with Gasteiger partial charge < -0.3 is 19.6 Å². The normalized spacial score (nSPS) is 15.1. The van der Waals surface area contributed by atoms with E-state index in [2.05, 4.69) is 20.3 Å². The summed E-state index contributed by atoms with van der Waals surface area (Å²) >= 11 is 3.79. The van der Waals surface area contributed by atoms with Crippen LogP contribution in [0.2, 0.25) is 5.02 Å². The third-order valence-corrected chi connectivity index (χ3v) is 5.98. The molecule has 0 spiro atoms. The molecule has 2 heterocycles. The lowest BCUT2D eigenvalue weighted by molar-refractivity contribution is -0.146. The molecule has 3 rings (SSSR count). The van der Waals surface area contributed by atoms with E-state index in [0.717, 1.165) is 5.39 Å². The quantitative estimate of drug-likeness (QED) is 0.359. The number of aromatic nitrogens is 3. The number of nitrogens with zero attached hydrogens (tertiary/aromatic N) is 2. The van der Waals surface area contributed by atoms with E-state index in [0.29, 0.717) is 16.1 Å². The van der Waals surface area contributed by atoms with Gasteiger partial charge in [-0.1, -0.05) is 11.6 Å². The van der Waals surface area contributed by atoms with E-state index in [9.17, 15) is 18.4 Å². The van der Waals surface area contributed by atoms with Crippen LogP contribution in [-0.4, -0.2) is 42.5 Å². The van der Waals surface area contributed by atoms with E-state index < -0.39 is 34.3 Å². The number of nitrogens with one attached hydrogen (secondary N) is 2. The fraction of sp³-hybridized carbons (Fsp3) is 0.300. The second-order valence-electron chi connectivity index (χ2n) is 7.21. The molecule has 164 valence electrons. The van der Waals surface area contributed by atoms with Crippen molar-refractivity contribution in [3.05, 3.63) is 63.2 Å². The Morgan fingerprint density at radius 2 is 2.13 bits per heavy atom. The van der Waals surface area contributed by atoms with Crippen LogP contribution >= 0.6 is 11.6 Å². The van der Waals surface area contributed by atoms with Crippen LogP contribution in [-0.2, 0) is 26.0 Å². The van der Waals surface area contributed by atoms with Gasteiger partial charge in [0.05, 0.1) is 24.6 Å². The smallest absolute Gasteiger partial charge is 0.318 e. The highest BCUT2D eigenvalue weighted by Crippen LogP contribution is 2.26. The summed E-state index contributed by atoms with van der Waals surface area (Å²) in [5.74, 6) is -0.943. The van der Waals surface area contributed by atoms with E-state index in [1.54, 1.807) is 31.2 Å².